The number of unbranched alkanes of at least 4 members (excludes halogenated alkanes) is 2. The number of amides is 1. The second kappa shape index (κ2) is 12.8. The van der Waals surface area contributed by atoms with Gasteiger partial charge in [0.15, 0.2) is 11.5 Å². The van der Waals surface area contributed by atoms with Crippen molar-refractivity contribution in [3.8, 4) is 22.6 Å². The van der Waals surface area contributed by atoms with Gasteiger partial charge in [-0.1, -0.05) is 56.2 Å². The Morgan fingerprint density at radius 1 is 1.03 bits per heavy atom. The molecule has 1 amide bonds. The number of nitrogens with one attached hydrogen (secondary N) is 1. The lowest BCUT2D eigenvalue weighted by atomic mass is 10.0. The Morgan fingerprint density at radius 3 is 2.49 bits per heavy atom. The summed E-state index contributed by atoms with van der Waals surface area (Å²) in [6.45, 7) is 4.70. The van der Waals surface area contributed by atoms with Gasteiger partial charge >= 0.3 is 5.97 Å². The Kier molecular flexibility index (Phi) is 9.49. The van der Waals surface area contributed by atoms with Crippen LogP contribution < -0.4 is 14.8 Å². The molecule has 0 aliphatic heterocycles. The average Bonchev–Trinajstić information content (AvgIpc) is 3.20. The van der Waals surface area contributed by atoms with E-state index >= 15 is 0 Å². The summed E-state index contributed by atoms with van der Waals surface area (Å²) in [5.74, 6) is 0.440. The van der Waals surface area contributed by atoms with Crippen molar-refractivity contribution in [3.63, 3.8) is 0 Å². The maximum Gasteiger partial charge on any atom is 0.341 e. The number of methoxy groups -OCH3 is 2. The van der Waals surface area contributed by atoms with Crippen LogP contribution in [0.25, 0.3) is 17.2 Å². The van der Waals surface area contributed by atoms with Gasteiger partial charge in [-0.3, -0.25) is 4.79 Å². The molecule has 184 valence electrons. The summed E-state index contributed by atoms with van der Waals surface area (Å²) in [5, 5.41) is 3.30. The molecule has 3 aromatic rings. The van der Waals surface area contributed by atoms with Crippen LogP contribution in [-0.4, -0.2) is 32.7 Å². The van der Waals surface area contributed by atoms with Crippen molar-refractivity contribution in [1.29, 1.82) is 0 Å². The Labute approximate surface area is 210 Å². The fourth-order valence-corrected chi connectivity index (χ4v) is 4.72. The lowest BCUT2D eigenvalue weighted by molar-refractivity contribution is -0.111. The molecule has 0 aliphatic carbocycles. The molecule has 1 N–H and O–H groups in total. The molecule has 7 heteroatoms. The summed E-state index contributed by atoms with van der Waals surface area (Å²) in [6, 6.07) is 15.1. The summed E-state index contributed by atoms with van der Waals surface area (Å²) < 4.78 is 16.3. The van der Waals surface area contributed by atoms with Crippen molar-refractivity contribution >= 4 is 34.3 Å². The minimum absolute atomic E-state index is 0.352. The summed E-state index contributed by atoms with van der Waals surface area (Å²) >= 11 is 1.35. The molecule has 6 nitrogen and oxygen atoms in total. The smallest absolute Gasteiger partial charge is 0.341 e. The molecule has 0 unspecified atom stereocenters. The molecule has 0 spiro atoms. The number of aryl methyl sites for hydroxylation is 1. The van der Waals surface area contributed by atoms with Crippen molar-refractivity contribution in [3.05, 3.63) is 70.6 Å². The average molecular weight is 494 g/mol. The normalized spacial score (nSPS) is 10.9. The Balaban J connectivity index is 1.77. The third-order valence-electron chi connectivity index (χ3n) is 5.39. The Hall–Kier alpha value is -3.58. The molecular formula is C28H31NO5S. The molecule has 2 aromatic carbocycles. The first-order valence-electron chi connectivity index (χ1n) is 11.6. The monoisotopic (exact) mass is 493 g/mol. The number of thiophene rings is 1. The zero-order valence-corrected chi connectivity index (χ0v) is 21.4. The third-order valence-corrected chi connectivity index (χ3v) is 6.41. The standard InChI is InChI=1S/C28H31NO5S/c1-5-6-10-17-34-22-15-13-20(18-23(22)32-3)14-16-24(30)29-27-26(28(31)33-4)25(19(2)35-27)21-11-8-7-9-12-21/h7-9,11-16,18H,5-6,10,17H2,1-4H3,(H,29,30)/b16-14+. The molecule has 0 atom stereocenters. The van der Waals surface area contributed by atoms with E-state index in [1.54, 1.807) is 13.2 Å². The maximum absolute atomic E-state index is 12.7. The predicted molar refractivity (Wildman–Crippen MR) is 142 cm³/mol. The maximum atomic E-state index is 12.7. The van der Waals surface area contributed by atoms with Gasteiger partial charge in [-0.15, -0.1) is 11.3 Å². The lowest BCUT2D eigenvalue weighted by Crippen LogP contribution is -2.11. The molecule has 1 heterocycles. The quantitative estimate of drug-likeness (QED) is 0.182. The van der Waals surface area contributed by atoms with Crippen LogP contribution in [0.15, 0.2) is 54.6 Å². The van der Waals surface area contributed by atoms with Gasteiger partial charge in [0.05, 0.1) is 20.8 Å². The number of rotatable bonds is 11. The predicted octanol–water partition coefficient (Wildman–Crippen LogP) is 6.74. The van der Waals surface area contributed by atoms with Gasteiger partial charge in [0.1, 0.15) is 10.6 Å². The number of carbonyl (C=O) groups is 2. The SMILES string of the molecule is CCCCCOc1ccc(/C=C/C(=O)Nc2sc(C)c(-c3ccccc3)c2C(=O)OC)cc1OC. The van der Waals surface area contributed by atoms with Gasteiger partial charge in [0, 0.05) is 16.5 Å². The number of hydrogen-bond donors (Lipinski definition) is 1. The second-order valence-corrected chi connectivity index (χ2v) is 9.11. The van der Waals surface area contributed by atoms with Crippen molar-refractivity contribution in [1.82, 2.24) is 0 Å². The number of anilines is 1. The van der Waals surface area contributed by atoms with E-state index in [1.807, 2.05) is 55.5 Å². The van der Waals surface area contributed by atoms with Crippen LogP contribution in [0.4, 0.5) is 5.00 Å². The number of ether oxygens (including phenoxy) is 3. The van der Waals surface area contributed by atoms with Crippen LogP contribution in [0.1, 0.15) is 47.0 Å². The highest BCUT2D eigenvalue weighted by molar-refractivity contribution is 7.17. The van der Waals surface area contributed by atoms with Crippen LogP contribution in [0, 0.1) is 6.92 Å². The minimum atomic E-state index is -0.494. The highest BCUT2D eigenvalue weighted by Gasteiger charge is 2.24. The van der Waals surface area contributed by atoms with E-state index in [-0.39, 0.29) is 5.91 Å². The first-order chi connectivity index (χ1) is 17.0. The molecule has 1 aromatic heterocycles. The summed E-state index contributed by atoms with van der Waals surface area (Å²) in [4.78, 5) is 26.2. The molecule has 0 saturated carbocycles. The van der Waals surface area contributed by atoms with Gasteiger partial charge < -0.3 is 19.5 Å². The van der Waals surface area contributed by atoms with Gasteiger partial charge in [-0.25, -0.2) is 4.79 Å². The van der Waals surface area contributed by atoms with Gasteiger partial charge in [0.2, 0.25) is 5.91 Å². The molecule has 0 aliphatic rings. The summed E-state index contributed by atoms with van der Waals surface area (Å²) in [6.07, 6.45) is 6.35. The number of hydrogen-bond acceptors (Lipinski definition) is 6. The Morgan fingerprint density at radius 2 is 1.80 bits per heavy atom. The molecule has 0 saturated heterocycles. The van der Waals surface area contributed by atoms with Crippen molar-refractivity contribution in [2.45, 2.75) is 33.1 Å². The third kappa shape index (κ3) is 6.73. The lowest BCUT2D eigenvalue weighted by Gasteiger charge is -2.11. The molecule has 0 fully saturated rings. The highest BCUT2D eigenvalue weighted by Crippen LogP contribution is 2.40. The van der Waals surface area contributed by atoms with Crippen molar-refractivity contribution < 1.29 is 23.8 Å². The van der Waals surface area contributed by atoms with Crippen LogP contribution in [0.5, 0.6) is 11.5 Å². The van der Waals surface area contributed by atoms with Gasteiger partial charge in [-0.2, -0.15) is 0 Å². The highest BCUT2D eigenvalue weighted by atomic mass is 32.1. The minimum Gasteiger partial charge on any atom is -0.493 e. The van der Waals surface area contributed by atoms with Gasteiger partial charge in [0.25, 0.3) is 0 Å². The summed E-state index contributed by atoms with van der Waals surface area (Å²) in [5.41, 5.74) is 2.80. The van der Waals surface area contributed by atoms with E-state index in [1.165, 1.54) is 24.5 Å². The van der Waals surface area contributed by atoms with Crippen LogP contribution in [0.3, 0.4) is 0 Å². The zero-order valence-electron chi connectivity index (χ0n) is 20.6. The number of carbonyl (C=O) groups excluding carboxylic acids is 2. The van der Waals surface area contributed by atoms with Crippen molar-refractivity contribution in [2.75, 3.05) is 26.1 Å². The van der Waals surface area contributed by atoms with E-state index in [9.17, 15) is 9.59 Å². The van der Waals surface area contributed by atoms with Crippen LogP contribution in [-0.2, 0) is 9.53 Å². The Bertz CT molecular complexity index is 1180. The number of esters is 1. The number of benzene rings is 2. The zero-order chi connectivity index (χ0) is 25.2. The molecular weight excluding hydrogens is 462 g/mol. The molecule has 0 radical (unpaired) electrons. The first-order valence-corrected chi connectivity index (χ1v) is 12.4. The van der Waals surface area contributed by atoms with E-state index in [4.69, 9.17) is 14.2 Å². The fourth-order valence-electron chi connectivity index (χ4n) is 3.65. The van der Waals surface area contributed by atoms with Crippen LogP contribution in [0.2, 0.25) is 0 Å². The largest absolute Gasteiger partial charge is 0.493 e. The fraction of sp³-hybridized carbons (Fsp3) is 0.286. The first kappa shape index (κ1) is 26.0. The molecule has 35 heavy (non-hydrogen) atoms. The summed E-state index contributed by atoms with van der Waals surface area (Å²) in [7, 11) is 2.92. The molecule has 3 rings (SSSR count). The van der Waals surface area contributed by atoms with E-state index in [0.717, 1.165) is 40.8 Å². The van der Waals surface area contributed by atoms with E-state index in [2.05, 4.69) is 12.2 Å². The molecule has 0 bridgehead atoms. The van der Waals surface area contributed by atoms with Crippen molar-refractivity contribution in [2.24, 2.45) is 0 Å². The van der Waals surface area contributed by atoms with Gasteiger partial charge in [-0.05, 0) is 42.7 Å². The van der Waals surface area contributed by atoms with E-state index in [0.29, 0.717) is 28.7 Å². The van der Waals surface area contributed by atoms with E-state index < -0.39 is 5.97 Å². The van der Waals surface area contributed by atoms with Crippen LogP contribution >= 0.6 is 11.3 Å². The topological polar surface area (TPSA) is 73.9 Å². The second-order valence-electron chi connectivity index (χ2n) is 7.88.